The van der Waals surface area contributed by atoms with Crippen molar-refractivity contribution in [1.82, 2.24) is 4.98 Å². The average Bonchev–Trinajstić information content (AvgIpc) is 2.26. The van der Waals surface area contributed by atoms with E-state index >= 15 is 0 Å². The zero-order valence-corrected chi connectivity index (χ0v) is 9.97. The molecule has 0 amide bonds. The molecule has 0 saturated carbocycles. The molecule has 0 spiro atoms. The fraction of sp³-hybridized carbons (Fsp3) is 0.286. The van der Waals surface area contributed by atoms with Gasteiger partial charge < -0.3 is 5.11 Å². The molecule has 17 heavy (non-hydrogen) atoms. The van der Waals surface area contributed by atoms with Gasteiger partial charge in [0, 0.05) is 23.2 Å². The zero-order valence-electron chi connectivity index (χ0n) is 9.97. The van der Waals surface area contributed by atoms with E-state index in [4.69, 9.17) is 5.11 Å². The van der Waals surface area contributed by atoms with Crippen molar-refractivity contribution in [2.45, 2.75) is 25.7 Å². The Morgan fingerprint density at radius 3 is 2.71 bits per heavy atom. The van der Waals surface area contributed by atoms with Gasteiger partial charge in [0.25, 0.3) is 0 Å². The van der Waals surface area contributed by atoms with E-state index in [2.05, 4.69) is 4.98 Å². The van der Waals surface area contributed by atoms with Crippen molar-refractivity contribution in [3.05, 3.63) is 42.2 Å². The van der Waals surface area contributed by atoms with E-state index in [0.717, 1.165) is 16.3 Å². The standard InChI is InChI=1S/C14H15NO2/c1-14(2,7-13(16)17)12-9-15-8-10-5-3-4-6-11(10)12/h3-6,8-9H,7H2,1-2H3,(H,16,17). The van der Waals surface area contributed by atoms with Crippen molar-refractivity contribution in [2.24, 2.45) is 0 Å². The van der Waals surface area contributed by atoms with Gasteiger partial charge in [0.2, 0.25) is 0 Å². The molecule has 1 N–H and O–H groups in total. The van der Waals surface area contributed by atoms with Gasteiger partial charge in [-0.2, -0.15) is 0 Å². The Hall–Kier alpha value is -1.90. The van der Waals surface area contributed by atoms with Crippen LogP contribution >= 0.6 is 0 Å². The number of nitrogens with zero attached hydrogens (tertiary/aromatic N) is 1. The van der Waals surface area contributed by atoms with Gasteiger partial charge in [0.15, 0.2) is 0 Å². The first kappa shape index (κ1) is 11.6. The predicted octanol–water partition coefficient (Wildman–Crippen LogP) is 2.99. The Kier molecular flexibility index (Phi) is 2.84. The van der Waals surface area contributed by atoms with Crippen molar-refractivity contribution in [1.29, 1.82) is 0 Å². The van der Waals surface area contributed by atoms with Crippen LogP contribution in [0.2, 0.25) is 0 Å². The summed E-state index contributed by atoms with van der Waals surface area (Å²) in [4.78, 5) is 15.1. The Bertz CT molecular complexity index is 556. The molecule has 0 unspecified atom stereocenters. The maximum Gasteiger partial charge on any atom is 0.304 e. The number of rotatable bonds is 3. The summed E-state index contributed by atoms with van der Waals surface area (Å²) >= 11 is 0. The molecule has 1 aromatic heterocycles. The monoisotopic (exact) mass is 229 g/mol. The van der Waals surface area contributed by atoms with Gasteiger partial charge in [-0.1, -0.05) is 38.1 Å². The van der Waals surface area contributed by atoms with Gasteiger partial charge in [-0.3, -0.25) is 9.78 Å². The molecular formula is C14H15NO2. The second-order valence-corrected chi connectivity index (χ2v) is 4.86. The molecule has 88 valence electrons. The first-order chi connectivity index (χ1) is 8.00. The predicted molar refractivity (Wildman–Crippen MR) is 67.0 cm³/mol. The van der Waals surface area contributed by atoms with Crippen LogP contribution in [0, 0.1) is 0 Å². The zero-order chi connectivity index (χ0) is 12.5. The van der Waals surface area contributed by atoms with Crippen molar-refractivity contribution >= 4 is 16.7 Å². The van der Waals surface area contributed by atoms with E-state index in [1.54, 1.807) is 12.4 Å². The number of carboxylic acid groups (broad SMARTS) is 1. The van der Waals surface area contributed by atoms with Gasteiger partial charge in [-0.05, 0) is 10.9 Å². The lowest BCUT2D eigenvalue weighted by Gasteiger charge is -2.24. The van der Waals surface area contributed by atoms with Crippen molar-refractivity contribution < 1.29 is 9.90 Å². The van der Waals surface area contributed by atoms with Crippen LogP contribution in [0.25, 0.3) is 10.8 Å². The van der Waals surface area contributed by atoms with Crippen LogP contribution in [0.4, 0.5) is 0 Å². The summed E-state index contributed by atoms with van der Waals surface area (Å²) in [7, 11) is 0. The fourth-order valence-corrected chi connectivity index (χ4v) is 2.13. The lowest BCUT2D eigenvalue weighted by Crippen LogP contribution is -2.22. The van der Waals surface area contributed by atoms with E-state index in [1.807, 2.05) is 38.1 Å². The molecule has 0 saturated heterocycles. The Morgan fingerprint density at radius 1 is 1.29 bits per heavy atom. The van der Waals surface area contributed by atoms with Crippen LogP contribution in [0.15, 0.2) is 36.7 Å². The lowest BCUT2D eigenvalue weighted by molar-refractivity contribution is -0.138. The number of carbonyl (C=O) groups is 1. The van der Waals surface area contributed by atoms with Gasteiger partial charge in [0.1, 0.15) is 0 Å². The minimum Gasteiger partial charge on any atom is -0.481 e. The summed E-state index contributed by atoms with van der Waals surface area (Å²) in [6.45, 7) is 3.87. The number of pyridine rings is 1. The first-order valence-electron chi connectivity index (χ1n) is 5.56. The maximum atomic E-state index is 10.9. The molecule has 0 aliphatic rings. The Morgan fingerprint density at radius 2 is 2.00 bits per heavy atom. The van der Waals surface area contributed by atoms with E-state index in [-0.39, 0.29) is 6.42 Å². The largest absolute Gasteiger partial charge is 0.481 e. The van der Waals surface area contributed by atoms with Gasteiger partial charge in [-0.25, -0.2) is 0 Å². The molecule has 0 atom stereocenters. The number of aromatic nitrogens is 1. The highest BCUT2D eigenvalue weighted by Gasteiger charge is 2.26. The van der Waals surface area contributed by atoms with Gasteiger partial charge in [-0.15, -0.1) is 0 Å². The molecule has 0 fully saturated rings. The molecule has 0 aliphatic heterocycles. The summed E-state index contributed by atoms with van der Waals surface area (Å²) in [6, 6.07) is 7.92. The Balaban J connectivity index is 2.58. The molecule has 0 bridgehead atoms. The van der Waals surface area contributed by atoms with Gasteiger partial charge >= 0.3 is 5.97 Å². The third-order valence-corrected chi connectivity index (χ3v) is 2.99. The van der Waals surface area contributed by atoms with Crippen LogP contribution in [0.3, 0.4) is 0 Å². The molecule has 1 aromatic carbocycles. The molecule has 1 heterocycles. The molecule has 0 aliphatic carbocycles. The quantitative estimate of drug-likeness (QED) is 0.880. The highest BCUT2D eigenvalue weighted by Crippen LogP contribution is 2.32. The third kappa shape index (κ3) is 2.28. The van der Waals surface area contributed by atoms with Crippen molar-refractivity contribution in [2.75, 3.05) is 0 Å². The van der Waals surface area contributed by atoms with E-state index < -0.39 is 11.4 Å². The van der Waals surface area contributed by atoms with Crippen LogP contribution in [0.1, 0.15) is 25.8 Å². The van der Waals surface area contributed by atoms with Crippen molar-refractivity contribution in [3.8, 4) is 0 Å². The Labute approximate surface area is 100 Å². The normalized spacial score (nSPS) is 11.6. The molecule has 2 rings (SSSR count). The number of hydrogen-bond donors (Lipinski definition) is 1. The van der Waals surface area contributed by atoms with Crippen LogP contribution in [-0.4, -0.2) is 16.1 Å². The SMILES string of the molecule is CC(C)(CC(=O)O)c1cncc2ccccc12. The number of carboxylic acids is 1. The maximum absolute atomic E-state index is 10.9. The summed E-state index contributed by atoms with van der Waals surface area (Å²) in [6.07, 6.45) is 3.67. The van der Waals surface area contributed by atoms with Crippen LogP contribution in [0.5, 0.6) is 0 Å². The fourth-order valence-electron chi connectivity index (χ4n) is 2.13. The lowest BCUT2D eigenvalue weighted by atomic mass is 9.80. The summed E-state index contributed by atoms with van der Waals surface area (Å²) in [5.74, 6) is -0.789. The van der Waals surface area contributed by atoms with E-state index in [0.29, 0.717) is 0 Å². The van der Waals surface area contributed by atoms with E-state index in [9.17, 15) is 4.79 Å². The minimum atomic E-state index is -0.789. The molecule has 3 heteroatoms. The number of aliphatic carboxylic acids is 1. The molecule has 2 aromatic rings. The minimum absolute atomic E-state index is 0.0999. The molecule has 3 nitrogen and oxygen atoms in total. The third-order valence-electron chi connectivity index (χ3n) is 2.99. The summed E-state index contributed by atoms with van der Waals surface area (Å²) in [5, 5.41) is 11.1. The van der Waals surface area contributed by atoms with E-state index in [1.165, 1.54) is 0 Å². The smallest absolute Gasteiger partial charge is 0.304 e. The van der Waals surface area contributed by atoms with Gasteiger partial charge in [0.05, 0.1) is 6.42 Å². The number of benzene rings is 1. The van der Waals surface area contributed by atoms with Crippen LogP contribution < -0.4 is 0 Å². The molecular weight excluding hydrogens is 214 g/mol. The highest BCUT2D eigenvalue weighted by atomic mass is 16.4. The summed E-state index contributed by atoms with van der Waals surface area (Å²) < 4.78 is 0. The second kappa shape index (κ2) is 4.17. The van der Waals surface area contributed by atoms with Crippen molar-refractivity contribution in [3.63, 3.8) is 0 Å². The van der Waals surface area contributed by atoms with Crippen LogP contribution in [-0.2, 0) is 10.2 Å². The second-order valence-electron chi connectivity index (χ2n) is 4.86. The number of hydrogen-bond acceptors (Lipinski definition) is 2. The number of fused-ring (bicyclic) bond motifs is 1. The summed E-state index contributed by atoms with van der Waals surface area (Å²) in [5.41, 5.74) is 0.567. The first-order valence-corrected chi connectivity index (χ1v) is 5.56. The highest BCUT2D eigenvalue weighted by molar-refractivity contribution is 5.86. The average molecular weight is 229 g/mol. The molecule has 0 radical (unpaired) electrons. The topological polar surface area (TPSA) is 50.2 Å².